The van der Waals surface area contributed by atoms with Crippen molar-refractivity contribution in [1.82, 2.24) is 15.2 Å². The van der Waals surface area contributed by atoms with Crippen molar-refractivity contribution in [2.75, 3.05) is 37.8 Å². The van der Waals surface area contributed by atoms with E-state index in [1.54, 1.807) is 13.0 Å². The first kappa shape index (κ1) is 15.3. The molecule has 4 heterocycles. The molecule has 4 rings (SSSR count). The van der Waals surface area contributed by atoms with E-state index in [0.717, 1.165) is 0 Å². The van der Waals surface area contributed by atoms with Crippen LogP contribution < -0.4 is 9.64 Å². The van der Waals surface area contributed by atoms with Crippen molar-refractivity contribution in [3.8, 4) is 5.88 Å². The first-order valence-electron chi connectivity index (χ1n) is 8.04. The predicted molar refractivity (Wildman–Crippen MR) is 82.6 cm³/mol. The maximum absolute atomic E-state index is 14.3. The summed E-state index contributed by atoms with van der Waals surface area (Å²) in [7, 11) is 0. The van der Waals surface area contributed by atoms with Crippen LogP contribution in [0.2, 0.25) is 0 Å². The third-order valence-corrected chi connectivity index (χ3v) is 4.77. The van der Waals surface area contributed by atoms with Crippen LogP contribution in [-0.2, 0) is 10.2 Å². The Labute approximate surface area is 138 Å². The summed E-state index contributed by atoms with van der Waals surface area (Å²) in [5.41, 5.74) is 0.0985. The van der Waals surface area contributed by atoms with Gasteiger partial charge < -0.3 is 18.8 Å². The van der Waals surface area contributed by atoms with E-state index in [1.807, 2.05) is 11.8 Å². The van der Waals surface area contributed by atoms with Crippen molar-refractivity contribution in [3.05, 3.63) is 29.9 Å². The molecule has 0 aliphatic carbocycles. The second kappa shape index (κ2) is 5.70. The van der Waals surface area contributed by atoms with Crippen LogP contribution in [0.15, 0.2) is 16.7 Å². The molecule has 0 spiro atoms. The van der Waals surface area contributed by atoms with E-state index in [2.05, 4.69) is 15.2 Å². The monoisotopic (exact) mass is 334 g/mol. The average molecular weight is 334 g/mol. The number of halogens is 1. The van der Waals surface area contributed by atoms with Crippen LogP contribution in [0.3, 0.4) is 0 Å². The van der Waals surface area contributed by atoms with Crippen molar-refractivity contribution >= 4 is 5.69 Å². The van der Waals surface area contributed by atoms with Gasteiger partial charge >= 0.3 is 0 Å². The molecule has 24 heavy (non-hydrogen) atoms. The smallest absolute Gasteiger partial charge is 0.227 e. The molecule has 0 saturated carbocycles. The van der Waals surface area contributed by atoms with Crippen LogP contribution in [-0.4, -0.2) is 48.1 Å². The Morgan fingerprint density at radius 1 is 1.46 bits per heavy atom. The topological polar surface area (TPSA) is 73.5 Å². The zero-order chi connectivity index (χ0) is 16.7. The molecule has 2 aromatic rings. The lowest BCUT2D eigenvalue weighted by Gasteiger charge is -2.24. The minimum Gasteiger partial charge on any atom is -0.478 e. The molecule has 0 aromatic carbocycles. The van der Waals surface area contributed by atoms with Crippen molar-refractivity contribution in [2.24, 2.45) is 5.92 Å². The third kappa shape index (κ3) is 2.32. The standard InChI is InChI=1S/C16H19FN4O3/c1-3-23-14-4-13(12(17)5-18-14)21-6-11-7-22-9-16(11,8-21)15-20-19-10(2)24-15/h4-5,11H,3,6-9H2,1-2H3/t11-,16-/m0/s1. The predicted octanol–water partition coefficient (Wildman–Crippen LogP) is 1.72. The Hall–Kier alpha value is -2.22. The molecule has 7 nitrogen and oxygen atoms in total. The van der Waals surface area contributed by atoms with E-state index in [-0.39, 0.29) is 17.2 Å². The zero-order valence-electron chi connectivity index (χ0n) is 13.7. The first-order chi connectivity index (χ1) is 11.6. The van der Waals surface area contributed by atoms with Crippen LogP contribution in [0, 0.1) is 18.7 Å². The molecule has 0 bridgehead atoms. The normalized spacial score (nSPS) is 26.0. The van der Waals surface area contributed by atoms with Gasteiger partial charge in [0.25, 0.3) is 0 Å². The molecular formula is C16H19FN4O3. The maximum atomic E-state index is 14.3. The number of fused-ring (bicyclic) bond motifs is 1. The second-order valence-electron chi connectivity index (χ2n) is 6.28. The van der Waals surface area contributed by atoms with E-state index in [4.69, 9.17) is 13.9 Å². The van der Waals surface area contributed by atoms with E-state index < -0.39 is 0 Å². The number of hydrogen-bond acceptors (Lipinski definition) is 7. The molecule has 2 aliphatic rings. The SMILES string of the molecule is CCOc1cc(N2C[C@H]3COC[C@@]3(c3nnc(C)o3)C2)c(F)cn1. The molecule has 0 unspecified atom stereocenters. The minimum atomic E-state index is -0.386. The van der Waals surface area contributed by atoms with Gasteiger partial charge in [0.15, 0.2) is 5.82 Å². The molecule has 0 N–H and O–H groups in total. The van der Waals surface area contributed by atoms with E-state index in [0.29, 0.717) is 56.3 Å². The van der Waals surface area contributed by atoms with E-state index in [9.17, 15) is 4.39 Å². The Kier molecular flexibility index (Phi) is 3.64. The summed E-state index contributed by atoms with van der Waals surface area (Å²) in [6.07, 6.45) is 1.20. The number of rotatable bonds is 4. The Balaban J connectivity index is 1.67. The van der Waals surface area contributed by atoms with Crippen molar-refractivity contribution in [3.63, 3.8) is 0 Å². The molecule has 2 aromatic heterocycles. The van der Waals surface area contributed by atoms with E-state index in [1.165, 1.54) is 6.20 Å². The highest BCUT2D eigenvalue weighted by Crippen LogP contribution is 2.45. The number of anilines is 1. The third-order valence-electron chi connectivity index (χ3n) is 4.77. The van der Waals surface area contributed by atoms with Gasteiger partial charge in [-0.1, -0.05) is 0 Å². The number of hydrogen-bond donors (Lipinski definition) is 0. The van der Waals surface area contributed by atoms with Crippen molar-refractivity contribution < 1.29 is 18.3 Å². The molecular weight excluding hydrogens is 315 g/mol. The number of ether oxygens (including phenoxy) is 2. The lowest BCUT2D eigenvalue weighted by molar-refractivity contribution is 0.166. The Morgan fingerprint density at radius 2 is 2.33 bits per heavy atom. The fourth-order valence-electron chi connectivity index (χ4n) is 3.60. The van der Waals surface area contributed by atoms with Crippen LogP contribution >= 0.6 is 0 Å². The van der Waals surface area contributed by atoms with Crippen molar-refractivity contribution in [1.29, 1.82) is 0 Å². The fourth-order valence-corrected chi connectivity index (χ4v) is 3.60. The quantitative estimate of drug-likeness (QED) is 0.843. The molecule has 128 valence electrons. The lowest BCUT2D eigenvalue weighted by Crippen LogP contribution is -2.36. The van der Waals surface area contributed by atoms with Crippen LogP contribution in [0.25, 0.3) is 0 Å². The van der Waals surface area contributed by atoms with Gasteiger partial charge in [0.05, 0.1) is 37.1 Å². The highest BCUT2D eigenvalue weighted by molar-refractivity contribution is 5.52. The van der Waals surface area contributed by atoms with Crippen LogP contribution in [0.5, 0.6) is 5.88 Å². The van der Waals surface area contributed by atoms with Gasteiger partial charge in [0.2, 0.25) is 17.7 Å². The maximum Gasteiger partial charge on any atom is 0.227 e. The number of aromatic nitrogens is 3. The number of aryl methyl sites for hydroxylation is 1. The zero-order valence-corrected chi connectivity index (χ0v) is 13.7. The highest BCUT2D eigenvalue weighted by atomic mass is 19.1. The summed E-state index contributed by atoms with van der Waals surface area (Å²) < 4.78 is 31.1. The largest absolute Gasteiger partial charge is 0.478 e. The first-order valence-corrected chi connectivity index (χ1v) is 8.04. The van der Waals surface area contributed by atoms with Crippen LogP contribution in [0.4, 0.5) is 10.1 Å². The van der Waals surface area contributed by atoms with Crippen molar-refractivity contribution in [2.45, 2.75) is 19.3 Å². The number of nitrogens with zero attached hydrogens (tertiary/aromatic N) is 4. The van der Waals surface area contributed by atoms with E-state index >= 15 is 0 Å². The molecule has 0 amide bonds. The minimum absolute atomic E-state index is 0.181. The summed E-state index contributed by atoms with van der Waals surface area (Å²) >= 11 is 0. The average Bonchev–Trinajstić information content (AvgIpc) is 3.23. The highest BCUT2D eigenvalue weighted by Gasteiger charge is 2.55. The molecule has 2 saturated heterocycles. The molecule has 2 atom stereocenters. The van der Waals surface area contributed by atoms with Gasteiger partial charge in [-0.05, 0) is 6.92 Å². The molecule has 0 radical (unpaired) electrons. The van der Waals surface area contributed by atoms with Gasteiger partial charge in [0, 0.05) is 32.0 Å². The molecule has 8 heteroatoms. The molecule has 2 aliphatic heterocycles. The van der Waals surface area contributed by atoms with Gasteiger partial charge in [-0.3, -0.25) is 0 Å². The summed E-state index contributed by atoms with van der Waals surface area (Å²) in [5.74, 6) is 1.34. The van der Waals surface area contributed by atoms with Gasteiger partial charge in [-0.2, -0.15) is 0 Å². The van der Waals surface area contributed by atoms with Gasteiger partial charge in [-0.15, -0.1) is 10.2 Å². The second-order valence-corrected chi connectivity index (χ2v) is 6.28. The lowest BCUT2D eigenvalue weighted by atomic mass is 9.81. The summed E-state index contributed by atoms with van der Waals surface area (Å²) in [6, 6.07) is 1.65. The molecule has 2 fully saturated rings. The van der Waals surface area contributed by atoms with Crippen LogP contribution in [0.1, 0.15) is 18.7 Å². The van der Waals surface area contributed by atoms with Gasteiger partial charge in [0.1, 0.15) is 0 Å². The summed E-state index contributed by atoms with van der Waals surface area (Å²) in [4.78, 5) is 5.95. The number of pyridine rings is 1. The summed E-state index contributed by atoms with van der Waals surface area (Å²) in [6.45, 7) is 6.44. The Bertz CT molecular complexity index is 753. The Morgan fingerprint density at radius 3 is 3.08 bits per heavy atom. The van der Waals surface area contributed by atoms with Gasteiger partial charge in [-0.25, -0.2) is 9.37 Å². The fraction of sp³-hybridized carbons (Fsp3) is 0.562. The summed E-state index contributed by atoms with van der Waals surface area (Å²) in [5, 5.41) is 8.15.